The third-order valence-electron chi connectivity index (χ3n) is 2.78. The first-order valence-corrected chi connectivity index (χ1v) is 4.06. The molecule has 3 nitrogen and oxygen atoms in total. The van der Waals surface area contributed by atoms with Crippen molar-refractivity contribution in [2.45, 2.75) is 37.3 Å². The lowest BCUT2D eigenvalue weighted by Crippen LogP contribution is -2.62. The molecule has 10 heavy (non-hydrogen) atoms. The Labute approximate surface area is 60.7 Å². The molecular weight excluding hydrogens is 126 g/mol. The molecule has 0 atom stereocenters. The number of hydrogen-bond donors (Lipinski definition) is 1. The zero-order valence-electron chi connectivity index (χ0n) is 6.21. The van der Waals surface area contributed by atoms with E-state index in [-0.39, 0.29) is 5.54 Å². The van der Waals surface area contributed by atoms with Crippen LogP contribution >= 0.6 is 0 Å². The summed E-state index contributed by atoms with van der Waals surface area (Å²) in [4.78, 5) is 0. The molecule has 56 valence electrons. The summed E-state index contributed by atoms with van der Waals surface area (Å²) in [7, 11) is 0. The molecule has 0 unspecified atom stereocenters. The third kappa shape index (κ3) is 0.770. The monoisotopic (exact) mass is 140 g/mol. The van der Waals surface area contributed by atoms with Crippen LogP contribution in [0.15, 0.2) is 10.2 Å². The van der Waals surface area contributed by atoms with E-state index < -0.39 is 0 Å². The molecule has 0 aromatic heterocycles. The van der Waals surface area contributed by atoms with Gasteiger partial charge in [-0.1, -0.05) is 0 Å². The van der Waals surface area contributed by atoms with Gasteiger partial charge in [-0.15, -0.1) is 0 Å². The van der Waals surface area contributed by atoms with E-state index in [1.54, 1.807) is 0 Å². The average Bonchev–Trinajstić information content (AvgIpc) is 2.08. The maximum atomic E-state index is 4.31. The third-order valence-corrected chi connectivity index (χ3v) is 2.78. The van der Waals surface area contributed by atoms with Gasteiger partial charge in [-0.25, -0.2) is 0 Å². The van der Waals surface area contributed by atoms with E-state index in [0.717, 1.165) is 6.54 Å². The lowest BCUT2D eigenvalue weighted by molar-refractivity contribution is -0.384. The normalized spacial score (nSPS) is 44.3. The fourth-order valence-corrected chi connectivity index (χ4v) is 1.86. The molecule has 3 rings (SSSR count). The fourth-order valence-electron chi connectivity index (χ4n) is 1.86. The van der Waals surface area contributed by atoms with E-state index in [1.165, 1.54) is 25.7 Å². The van der Waals surface area contributed by atoms with Crippen molar-refractivity contribution in [2.75, 3.05) is 6.54 Å². The van der Waals surface area contributed by atoms with Crippen molar-refractivity contribution in [2.24, 2.45) is 10.2 Å². The summed E-state index contributed by atoms with van der Waals surface area (Å²) in [5, 5.41) is 8.54. The molecule has 2 heterocycles. The Balaban J connectivity index is 2.22. The van der Waals surface area contributed by atoms with Crippen molar-refractivity contribution in [1.29, 1.82) is 0 Å². The predicted molar refractivity (Wildman–Crippen MR) is 37.6 cm³/mol. The molecule has 0 radical (unpaired) electrons. The van der Waals surface area contributed by atoms with E-state index in [1.807, 2.05) is 0 Å². The predicted octanol–water partition coefficient (Wildman–Crippen LogP) is 0.375. The Bertz CT molecular complexity index is 156. The number of quaternary nitrogens is 1. The summed E-state index contributed by atoms with van der Waals surface area (Å²) in [5.74, 6) is 0. The summed E-state index contributed by atoms with van der Waals surface area (Å²) in [6, 6.07) is 0.563. The van der Waals surface area contributed by atoms with Crippen molar-refractivity contribution in [1.82, 2.24) is 0 Å². The Morgan fingerprint density at radius 2 is 2.10 bits per heavy atom. The van der Waals surface area contributed by atoms with Gasteiger partial charge in [0.25, 0.3) is 0 Å². The molecule has 1 saturated carbocycles. The zero-order chi connectivity index (χ0) is 7.03. The first-order valence-electron chi connectivity index (χ1n) is 4.06. The standard InChI is InChI=1S/C7H13N3/c8-5-7-3-1-6(2-4-7)9-10-7/h6H,1-5,8H2/p+1. The average molecular weight is 140 g/mol. The molecule has 3 aliphatic rings. The fraction of sp³-hybridized carbons (Fsp3) is 1.00. The SMILES string of the molecule is [NH3+]CC12CCC(CC1)N=N2. The molecule has 0 aromatic carbocycles. The van der Waals surface area contributed by atoms with Crippen LogP contribution in [-0.4, -0.2) is 18.1 Å². The Hall–Kier alpha value is -0.440. The van der Waals surface area contributed by atoms with Crippen LogP contribution in [0.3, 0.4) is 0 Å². The minimum absolute atomic E-state index is 0.175. The molecule has 2 bridgehead atoms. The van der Waals surface area contributed by atoms with Gasteiger partial charge >= 0.3 is 0 Å². The second kappa shape index (κ2) is 2.02. The van der Waals surface area contributed by atoms with Gasteiger partial charge in [0, 0.05) is 0 Å². The molecule has 1 fully saturated rings. The van der Waals surface area contributed by atoms with Crippen molar-refractivity contribution < 1.29 is 5.73 Å². The summed E-state index contributed by atoms with van der Waals surface area (Å²) in [6.07, 6.45) is 4.95. The van der Waals surface area contributed by atoms with Gasteiger partial charge in [0.05, 0.1) is 6.04 Å². The van der Waals surface area contributed by atoms with Gasteiger partial charge < -0.3 is 5.73 Å². The molecule has 3 heteroatoms. The van der Waals surface area contributed by atoms with E-state index in [4.69, 9.17) is 0 Å². The second-order valence-corrected chi connectivity index (χ2v) is 3.42. The van der Waals surface area contributed by atoms with E-state index in [2.05, 4.69) is 16.0 Å². The van der Waals surface area contributed by atoms with Gasteiger partial charge in [0.2, 0.25) is 0 Å². The minimum Gasteiger partial charge on any atom is -0.355 e. The maximum Gasteiger partial charge on any atom is 0.130 e. The van der Waals surface area contributed by atoms with Crippen LogP contribution in [0.2, 0.25) is 0 Å². The highest BCUT2D eigenvalue weighted by Crippen LogP contribution is 2.37. The first kappa shape index (κ1) is 6.28. The smallest absolute Gasteiger partial charge is 0.130 e. The summed E-state index contributed by atoms with van der Waals surface area (Å²) in [6.45, 7) is 0.934. The minimum atomic E-state index is 0.175. The summed E-state index contributed by atoms with van der Waals surface area (Å²) >= 11 is 0. The molecule has 3 N–H and O–H groups in total. The zero-order valence-corrected chi connectivity index (χ0v) is 6.21. The Kier molecular flexibility index (Phi) is 1.27. The Morgan fingerprint density at radius 1 is 1.40 bits per heavy atom. The van der Waals surface area contributed by atoms with E-state index in [0.29, 0.717) is 6.04 Å². The molecular formula is C7H14N3+. The van der Waals surface area contributed by atoms with Crippen LogP contribution < -0.4 is 5.73 Å². The van der Waals surface area contributed by atoms with Crippen molar-refractivity contribution in [3.8, 4) is 0 Å². The summed E-state index contributed by atoms with van der Waals surface area (Å²) in [5.41, 5.74) is 4.10. The second-order valence-electron chi connectivity index (χ2n) is 3.42. The lowest BCUT2D eigenvalue weighted by Gasteiger charge is -2.36. The first-order chi connectivity index (χ1) is 4.85. The molecule has 1 aliphatic carbocycles. The highest BCUT2D eigenvalue weighted by Gasteiger charge is 2.39. The van der Waals surface area contributed by atoms with Crippen LogP contribution in [0.1, 0.15) is 25.7 Å². The quantitative estimate of drug-likeness (QED) is 0.547. The summed E-state index contributed by atoms with van der Waals surface area (Å²) < 4.78 is 0. The number of nitrogens with zero attached hydrogens (tertiary/aromatic N) is 2. The lowest BCUT2D eigenvalue weighted by atomic mass is 9.79. The van der Waals surface area contributed by atoms with Gasteiger partial charge in [-0.2, -0.15) is 10.2 Å². The highest BCUT2D eigenvalue weighted by atomic mass is 15.2. The van der Waals surface area contributed by atoms with Crippen LogP contribution in [0, 0.1) is 0 Å². The van der Waals surface area contributed by atoms with Crippen LogP contribution in [0.25, 0.3) is 0 Å². The molecule has 2 aliphatic heterocycles. The highest BCUT2D eigenvalue weighted by molar-refractivity contribution is 4.96. The van der Waals surface area contributed by atoms with E-state index >= 15 is 0 Å². The van der Waals surface area contributed by atoms with Crippen LogP contribution in [0.4, 0.5) is 0 Å². The maximum absolute atomic E-state index is 4.31. The molecule has 0 spiro atoms. The van der Waals surface area contributed by atoms with Crippen molar-refractivity contribution in [3.63, 3.8) is 0 Å². The van der Waals surface area contributed by atoms with Gasteiger partial charge in [0.1, 0.15) is 12.1 Å². The number of rotatable bonds is 1. The largest absolute Gasteiger partial charge is 0.355 e. The number of azo groups is 1. The van der Waals surface area contributed by atoms with Crippen molar-refractivity contribution in [3.05, 3.63) is 0 Å². The van der Waals surface area contributed by atoms with Gasteiger partial charge in [0.15, 0.2) is 0 Å². The Morgan fingerprint density at radius 3 is 2.40 bits per heavy atom. The van der Waals surface area contributed by atoms with Gasteiger partial charge in [-0.3, -0.25) is 0 Å². The van der Waals surface area contributed by atoms with E-state index in [9.17, 15) is 0 Å². The van der Waals surface area contributed by atoms with Crippen LogP contribution in [0.5, 0.6) is 0 Å². The number of fused-ring (bicyclic) bond motifs is 2. The topological polar surface area (TPSA) is 52.4 Å². The van der Waals surface area contributed by atoms with Crippen LogP contribution in [-0.2, 0) is 0 Å². The molecule has 0 amide bonds. The van der Waals surface area contributed by atoms with Gasteiger partial charge in [-0.05, 0) is 25.7 Å². The molecule has 0 aromatic rings. The van der Waals surface area contributed by atoms with Crippen molar-refractivity contribution >= 4 is 0 Å². The number of hydrogen-bond acceptors (Lipinski definition) is 2. The molecule has 0 saturated heterocycles.